The van der Waals surface area contributed by atoms with E-state index >= 15 is 0 Å². The number of benzene rings is 1. The summed E-state index contributed by atoms with van der Waals surface area (Å²) in [6, 6.07) is 3.64. The monoisotopic (exact) mass is 501 g/mol. The Hall–Kier alpha value is -0.0500. The van der Waals surface area contributed by atoms with Gasteiger partial charge in [-0.1, -0.05) is 29.8 Å². The second kappa shape index (κ2) is 8.55. The Kier molecular flexibility index (Phi) is 7.73. The highest BCUT2D eigenvalue weighted by molar-refractivity contribution is 9.11. The van der Waals surface area contributed by atoms with Crippen LogP contribution in [0.15, 0.2) is 25.6 Å². The molecule has 0 bridgehead atoms. The van der Waals surface area contributed by atoms with Gasteiger partial charge in [-0.25, -0.2) is 0 Å². The van der Waals surface area contributed by atoms with Crippen molar-refractivity contribution in [1.29, 1.82) is 0 Å². The van der Waals surface area contributed by atoms with E-state index in [1.807, 2.05) is 26.0 Å². The average molecular weight is 504 g/mol. The number of hydrogen-bond donors (Lipinski definition) is 2. The molecule has 1 amide bonds. The van der Waals surface area contributed by atoms with Crippen LogP contribution in [0.4, 0.5) is 5.69 Å². The maximum Gasteiger partial charge on any atom is 0.316 e. The lowest BCUT2D eigenvalue weighted by Crippen LogP contribution is -2.25. The quantitative estimate of drug-likeness (QED) is 0.587. The highest BCUT2D eigenvalue weighted by Crippen LogP contribution is 2.34. The van der Waals surface area contributed by atoms with Gasteiger partial charge in [0.1, 0.15) is 5.25 Å². The smallest absolute Gasteiger partial charge is 0.316 e. The zero-order valence-electron chi connectivity index (χ0n) is 11.3. The van der Waals surface area contributed by atoms with Crippen LogP contribution in [0.2, 0.25) is 0 Å². The van der Waals surface area contributed by atoms with Gasteiger partial charge in [-0.15, -0.1) is 11.8 Å². The van der Waals surface area contributed by atoms with Crippen LogP contribution in [-0.2, 0) is 9.59 Å². The predicted molar refractivity (Wildman–Crippen MR) is 96.9 cm³/mol. The minimum atomic E-state index is -0.895. The first-order chi connectivity index (χ1) is 9.72. The number of anilines is 1. The number of carboxylic acid groups (broad SMARTS) is 1. The molecule has 1 rings (SSSR count). The first kappa shape index (κ1) is 19.0. The summed E-state index contributed by atoms with van der Waals surface area (Å²) in [4.78, 5) is 23.1. The molecule has 1 atom stereocenters. The summed E-state index contributed by atoms with van der Waals surface area (Å²) < 4.78 is 2.35. The molecule has 116 valence electrons. The van der Waals surface area contributed by atoms with Crippen molar-refractivity contribution in [2.75, 3.05) is 11.1 Å². The Balaban J connectivity index is 2.69. The van der Waals surface area contributed by atoms with Crippen molar-refractivity contribution in [2.45, 2.75) is 19.1 Å². The molecular weight excluding hydrogens is 490 g/mol. The van der Waals surface area contributed by atoms with Crippen LogP contribution in [0, 0.1) is 5.92 Å². The van der Waals surface area contributed by atoms with E-state index in [0.29, 0.717) is 5.69 Å². The van der Waals surface area contributed by atoms with E-state index < -0.39 is 11.2 Å². The van der Waals surface area contributed by atoms with E-state index in [1.165, 1.54) is 0 Å². The van der Waals surface area contributed by atoms with Crippen molar-refractivity contribution >= 4 is 77.1 Å². The van der Waals surface area contributed by atoms with Crippen LogP contribution in [0.1, 0.15) is 13.8 Å². The van der Waals surface area contributed by atoms with Crippen molar-refractivity contribution < 1.29 is 14.7 Å². The molecule has 1 aromatic rings. The number of hydrogen-bond acceptors (Lipinski definition) is 3. The number of aliphatic carboxylic acids is 1. The molecule has 0 spiro atoms. The van der Waals surface area contributed by atoms with E-state index in [2.05, 4.69) is 53.1 Å². The molecule has 1 aromatic carbocycles. The van der Waals surface area contributed by atoms with Gasteiger partial charge in [0.05, 0.1) is 11.4 Å². The number of carbonyl (C=O) groups excluding carboxylic acids is 1. The van der Waals surface area contributed by atoms with Crippen molar-refractivity contribution in [3.05, 3.63) is 25.6 Å². The number of carboxylic acids is 1. The first-order valence-corrected chi connectivity index (χ1v) is 9.44. The van der Waals surface area contributed by atoms with Crippen LogP contribution >= 0.6 is 59.6 Å². The second-order valence-corrected chi connectivity index (χ2v) is 8.36. The Morgan fingerprint density at radius 3 is 2.19 bits per heavy atom. The van der Waals surface area contributed by atoms with Gasteiger partial charge in [0, 0.05) is 13.4 Å². The maximum absolute atomic E-state index is 12.0. The number of carbonyl (C=O) groups is 2. The van der Waals surface area contributed by atoms with Gasteiger partial charge < -0.3 is 10.4 Å². The minimum Gasteiger partial charge on any atom is -0.480 e. The van der Waals surface area contributed by atoms with Crippen LogP contribution in [-0.4, -0.2) is 28.0 Å². The molecular formula is C13H14Br3NO3S. The van der Waals surface area contributed by atoms with Gasteiger partial charge in [0.25, 0.3) is 0 Å². The minimum absolute atomic E-state index is 0.0357. The average Bonchev–Trinajstić information content (AvgIpc) is 2.33. The first-order valence-electron chi connectivity index (χ1n) is 6.01. The van der Waals surface area contributed by atoms with E-state index in [1.54, 1.807) is 0 Å². The van der Waals surface area contributed by atoms with Crippen LogP contribution in [0.25, 0.3) is 0 Å². The molecule has 0 aromatic heterocycles. The topological polar surface area (TPSA) is 66.4 Å². The van der Waals surface area contributed by atoms with Crippen LogP contribution in [0.3, 0.4) is 0 Å². The van der Waals surface area contributed by atoms with E-state index in [9.17, 15) is 9.59 Å². The molecule has 2 N–H and O–H groups in total. The summed E-state index contributed by atoms with van der Waals surface area (Å²) in [6.45, 7) is 3.65. The zero-order valence-corrected chi connectivity index (χ0v) is 16.9. The Labute approximate surface area is 152 Å². The molecule has 0 aliphatic rings. The molecule has 0 aliphatic carbocycles. The summed E-state index contributed by atoms with van der Waals surface area (Å²) in [5.41, 5.74) is 0.625. The summed E-state index contributed by atoms with van der Waals surface area (Å²) >= 11 is 11.2. The van der Waals surface area contributed by atoms with Gasteiger partial charge in [0.2, 0.25) is 5.91 Å². The molecule has 0 radical (unpaired) electrons. The highest BCUT2D eigenvalue weighted by atomic mass is 79.9. The van der Waals surface area contributed by atoms with Crippen molar-refractivity contribution in [3.63, 3.8) is 0 Å². The standard InChI is InChI=1S/C13H14Br3NO3S/c1-6(2)12(13(19)20)21-5-10(18)17-11-8(15)3-7(14)4-9(11)16/h3-4,6,12H,5H2,1-2H3,(H,17,18)(H,19,20). The Morgan fingerprint density at radius 2 is 1.76 bits per heavy atom. The molecule has 21 heavy (non-hydrogen) atoms. The second-order valence-electron chi connectivity index (χ2n) is 4.61. The molecule has 1 unspecified atom stereocenters. The van der Waals surface area contributed by atoms with E-state index in [-0.39, 0.29) is 17.6 Å². The SMILES string of the molecule is CC(C)C(SCC(=O)Nc1c(Br)cc(Br)cc1Br)C(=O)O. The van der Waals surface area contributed by atoms with E-state index in [0.717, 1.165) is 25.2 Å². The normalized spacial score (nSPS) is 12.3. The Bertz CT molecular complexity index is 528. The lowest BCUT2D eigenvalue weighted by atomic mass is 10.1. The number of halogens is 3. The Morgan fingerprint density at radius 1 is 1.24 bits per heavy atom. The number of rotatable bonds is 6. The number of amides is 1. The van der Waals surface area contributed by atoms with Crippen molar-refractivity contribution in [3.8, 4) is 0 Å². The van der Waals surface area contributed by atoms with Gasteiger partial charge in [0.15, 0.2) is 0 Å². The number of nitrogens with one attached hydrogen (secondary N) is 1. The predicted octanol–water partition coefficient (Wildman–Crippen LogP) is 4.76. The summed E-state index contributed by atoms with van der Waals surface area (Å²) in [5.74, 6) is -1.08. The van der Waals surface area contributed by atoms with Crippen molar-refractivity contribution in [2.24, 2.45) is 5.92 Å². The third-order valence-corrected chi connectivity index (χ3v) is 5.76. The fourth-order valence-corrected chi connectivity index (χ4v) is 4.94. The van der Waals surface area contributed by atoms with Gasteiger partial charge >= 0.3 is 5.97 Å². The van der Waals surface area contributed by atoms with E-state index in [4.69, 9.17) is 5.11 Å². The molecule has 0 saturated carbocycles. The maximum atomic E-state index is 12.0. The fourth-order valence-electron chi connectivity index (χ4n) is 1.55. The molecule has 0 heterocycles. The van der Waals surface area contributed by atoms with Gasteiger partial charge in [-0.05, 0) is 49.9 Å². The molecule has 0 fully saturated rings. The summed E-state index contributed by atoms with van der Waals surface area (Å²) in [6.07, 6.45) is 0. The summed E-state index contributed by atoms with van der Waals surface area (Å²) in [5, 5.41) is 11.3. The lowest BCUT2D eigenvalue weighted by molar-refractivity contribution is -0.137. The third kappa shape index (κ3) is 5.92. The molecule has 0 aliphatic heterocycles. The fraction of sp³-hybridized carbons (Fsp3) is 0.385. The van der Waals surface area contributed by atoms with Crippen LogP contribution in [0.5, 0.6) is 0 Å². The van der Waals surface area contributed by atoms with Gasteiger partial charge in [-0.3, -0.25) is 9.59 Å². The number of thioether (sulfide) groups is 1. The van der Waals surface area contributed by atoms with Crippen LogP contribution < -0.4 is 5.32 Å². The highest BCUT2D eigenvalue weighted by Gasteiger charge is 2.23. The molecule has 0 saturated heterocycles. The largest absolute Gasteiger partial charge is 0.480 e. The van der Waals surface area contributed by atoms with Gasteiger partial charge in [-0.2, -0.15) is 0 Å². The summed E-state index contributed by atoms with van der Waals surface area (Å²) in [7, 11) is 0. The molecule has 4 nitrogen and oxygen atoms in total. The molecule has 8 heteroatoms. The van der Waals surface area contributed by atoms with Crippen molar-refractivity contribution in [1.82, 2.24) is 0 Å². The third-order valence-electron chi connectivity index (χ3n) is 2.51. The lowest BCUT2D eigenvalue weighted by Gasteiger charge is -2.16. The zero-order chi connectivity index (χ0) is 16.2.